The minimum absolute atomic E-state index is 0.0791. The van der Waals surface area contributed by atoms with Crippen molar-refractivity contribution in [3.63, 3.8) is 0 Å². The quantitative estimate of drug-likeness (QED) is 0.525. The lowest BCUT2D eigenvalue weighted by atomic mass is 9.99. The Labute approximate surface area is 90.0 Å². The van der Waals surface area contributed by atoms with Crippen LogP contribution < -0.4 is 0 Å². The van der Waals surface area contributed by atoms with Gasteiger partial charge in [-0.2, -0.15) is 0 Å². The van der Waals surface area contributed by atoms with Crippen molar-refractivity contribution in [1.29, 1.82) is 0 Å². The lowest BCUT2D eigenvalue weighted by molar-refractivity contribution is -0.162. The minimum atomic E-state index is -0.957. The SMILES string of the molecule is CC(=O)C[C@H](C(C)=O)C(=O)OC(C)(C)C. The monoisotopic (exact) mass is 214 g/mol. The molecule has 0 amide bonds. The Bertz CT molecular complexity index is 273. The van der Waals surface area contributed by atoms with Crippen LogP contribution in [0.5, 0.6) is 0 Å². The highest BCUT2D eigenvalue weighted by Crippen LogP contribution is 2.14. The van der Waals surface area contributed by atoms with Crippen LogP contribution >= 0.6 is 0 Å². The number of Topliss-reactive ketones (excluding diaryl/α,β-unsaturated/α-hetero) is 2. The molecule has 0 rings (SSSR count). The van der Waals surface area contributed by atoms with E-state index in [2.05, 4.69) is 0 Å². The number of esters is 1. The number of hydrogen-bond acceptors (Lipinski definition) is 4. The molecule has 0 aliphatic rings. The summed E-state index contributed by atoms with van der Waals surface area (Å²) in [6.45, 7) is 7.79. The van der Waals surface area contributed by atoms with Gasteiger partial charge in [0.1, 0.15) is 23.1 Å². The van der Waals surface area contributed by atoms with Gasteiger partial charge in [-0.3, -0.25) is 14.4 Å². The van der Waals surface area contributed by atoms with Crippen molar-refractivity contribution in [2.24, 2.45) is 5.92 Å². The fourth-order valence-electron chi connectivity index (χ4n) is 1.05. The van der Waals surface area contributed by atoms with Crippen LogP contribution in [0.3, 0.4) is 0 Å². The van der Waals surface area contributed by atoms with Crippen molar-refractivity contribution >= 4 is 17.5 Å². The van der Waals surface area contributed by atoms with E-state index in [4.69, 9.17) is 4.74 Å². The molecule has 86 valence electrons. The molecule has 1 atom stereocenters. The predicted molar refractivity (Wildman–Crippen MR) is 55.3 cm³/mol. The smallest absolute Gasteiger partial charge is 0.317 e. The van der Waals surface area contributed by atoms with Crippen molar-refractivity contribution in [3.8, 4) is 0 Å². The van der Waals surface area contributed by atoms with Crippen LogP contribution in [0, 0.1) is 5.92 Å². The van der Waals surface area contributed by atoms with E-state index >= 15 is 0 Å². The number of hydrogen-bond donors (Lipinski definition) is 0. The average molecular weight is 214 g/mol. The Kier molecular flexibility index (Phi) is 4.65. The van der Waals surface area contributed by atoms with Gasteiger partial charge in [0, 0.05) is 6.42 Å². The Morgan fingerprint density at radius 1 is 1.13 bits per heavy atom. The molecule has 0 bridgehead atoms. The fraction of sp³-hybridized carbons (Fsp3) is 0.727. The molecule has 0 aromatic heterocycles. The zero-order valence-corrected chi connectivity index (χ0v) is 9.92. The molecule has 4 nitrogen and oxygen atoms in total. The summed E-state index contributed by atoms with van der Waals surface area (Å²) >= 11 is 0. The molecule has 0 fully saturated rings. The molecular formula is C11H18O4. The average Bonchev–Trinajstić information content (AvgIpc) is 1.95. The molecule has 0 saturated heterocycles. The molecule has 15 heavy (non-hydrogen) atoms. The summed E-state index contributed by atoms with van der Waals surface area (Å²) in [6, 6.07) is 0. The summed E-state index contributed by atoms with van der Waals surface area (Å²) in [5, 5.41) is 0. The van der Waals surface area contributed by atoms with Crippen LogP contribution in [-0.2, 0) is 19.1 Å². The van der Waals surface area contributed by atoms with Crippen LogP contribution in [0.15, 0.2) is 0 Å². The van der Waals surface area contributed by atoms with E-state index in [0.29, 0.717) is 0 Å². The van der Waals surface area contributed by atoms with E-state index in [9.17, 15) is 14.4 Å². The molecule has 0 aliphatic heterocycles. The lowest BCUT2D eigenvalue weighted by Crippen LogP contribution is -2.32. The highest BCUT2D eigenvalue weighted by molar-refractivity contribution is 6.01. The third-order valence-electron chi connectivity index (χ3n) is 1.67. The molecule has 0 aromatic carbocycles. The van der Waals surface area contributed by atoms with Crippen molar-refractivity contribution in [3.05, 3.63) is 0 Å². The number of ether oxygens (including phenoxy) is 1. The summed E-state index contributed by atoms with van der Waals surface area (Å²) in [5.41, 5.74) is -0.637. The molecule has 4 heteroatoms. The number of ketones is 2. The van der Waals surface area contributed by atoms with Gasteiger partial charge in [-0.25, -0.2) is 0 Å². The maximum absolute atomic E-state index is 11.5. The van der Waals surface area contributed by atoms with Gasteiger partial charge in [-0.1, -0.05) is 0 Å². The van der Waals surface area contributed by atoms with Crippen molar-refractivity contribution in [2.45, 2.75) is 46.6 Å². The second-order valence-corrected chi connectivity index (χ2v) is 4.60. The van der Waals surface area contributed by atoms with Gasteiger partial charge in [-0.15, -0.1) is 0 Å². The van der Waals surface area contributed by atoms with Crippen LogP contribution in [0.4, 0.5) is 0 Å². The van der Waals surface area contributed by atoms with Crippen molar-refractivity contribution < 1.29 is 19.1 Å². The largest absolute Gasteiger partial charge is 0.459 e. The predicted octanol–water partition coefficient (Wildman–Crippen LogP) is 1.51. The Balaban J connectivity index is 4.57. The Hall–Kier alpha value is -1.19. The lowest BCUT2D eigenvalue weighted by Gasteiger charge is -2.22. The number of carbonyl (C=O) groups is 3. The van der Waals surface area contributed by atoms with Gasteiger partial charge in [0.2, 0.25) is 0 Å². The molecule has 0 N–H and O–H groups in total. The fourth-order valence-corrected chi connectivity index (χ4v) is 1.05. The molecule has 0 unspecified atom stereocenters. The van der Waals surface area contributed by atoms with Gasteiger partial charge >= 0.3 is 5.97 Å². The van der Waals surface area contributed by atoms with E-state index in [1.807, 2.05) is 0 Å². The Morgan fingerprint density at radius 2 is 1.60 bits per heavy atom. The summed E-state index contributed by atoms with van der Waals surface area (Å²) in [6.07, 6.45) is -0.0791. The summed E-state index contributed by atoms with van der Waals surface area (Å²) in [4.78, 5) is 33.6. The molecular weight excluding hydrogens is 196 g/mol. The van der Waals surface area contributed by atoms with Gasteiger partial charge in [0.15, 0.2) is 0 Å². The van der Waals surface area contributed by atoms with Gasteiger partial charge in [0.25, 0.3) is 0 Å². The van der Waals surface area contributed by atoms with E-state index in [-0.39, 0.29) is 18.0 Å². The topological polar surface area (TPSA) is 60.4 Å². The third kappa shape index (κ3) is 5.99. The zero-order valence-electron chi connectivity index (χ0n) is 9.92. The van der Waals surface area contributed by atoms with Gasteiger partial charge < -0.3 is 4.74 Å². The van der Waals surface area contributed by atoms with Crippen LogP contribution in [0.25, 0.3) is 0 Å². The first-order valence-corrected chi connectivity index (χ1v) is 4.86. The first-order chi connectivity index (χ1) is 6.63. The van der Waals surface area contributed by atoms with Gasteiger partial charge in [0.05, 0.1) is 0 Å². The maximum atomic E-state index is 11.5. The second-order valence-electron chi connectivity index (χ2n) is 4.60. The maximum Gasteiger partial charge on any atom is 0.317 e. The van der Waals surface area contributed by atoms with Gasteiger partial charge in [-0.05, 0) is 34.6 Å². The normalized spacial score (nSPS) is 13.1. The number of rotatable bonds is 4. The van der Waals surface area contributed by atoms with Crippen molar-refractivity contribution in [1.82, 2.24) is 0 Å². The highest BCUT2D eigenvalue weighted by atomic mass is 16.6. The first-order valence-electron chi connectivity index (χ1n) is 4.86. The first kappa shape index (κ1) is 13.8. The summed E-state index contributed by atoms with van der Waals surface area (Å²) in [5.74, 6) is -2.10. The standard InChI is InChI=1S/C11H18O4/c1-7(12)6-9(8(2)13)10(14)15-11(3,4)5/h9H,6H2,1-5H3/t9-/m1/s1. The second kappa shape index (κ2) is 5.05. The summed E-state index contributed by atoms with van der Waals surface area (Å²) < 4.78 is 5.05. The molecule has 0 radical (unpaired) electrons. The number of carbonyl (C=O) groups excluding carboxylic acids is 3. The molecule has 0 aromatic rings. The van der Waals surface area contributed by atoms with Crippen LogP contribution in [0.2, 0.25) is 0 Å². The van der Waals surface area contributed by atoms with E-state index in [0.717, 1.165) is 0 Å². The third-order valence-corrected chi connectivity index (χ3v) is 1.67. The molecule has 0 heterocycles. The minimum Gasteiger partial charge on any atom is -0.459 e. The molecule has 0 saturated carbocycles. The van der Waals surface area contributed by atoms with Crippen LogP contribution in [0.1, 0.15) is 41.0 Å². The van der Waals surface area contributed by atoms with E-state index in [1.54, 1.807) is 20.8 Å². The summed E-state index contributed by atoms with van der Waals surface area (Å²) in [7, 11) is 0. The van der Waals surface area contributed by atoms with Crippen LogP contribution in [-0.4, -0.2) is 23.1 Å². The van der Waals surface area contributed by atoms with E-state index in [1.165, 1.54) is 13.8 Å². The van der Waals surface area contributed by atoms with Crippen molar-refractivity contribution in [2.75, 3.05) is 0 Å². The highest BCUT2D eigenvalue weighted by Gasteiger charge is 2.29. The molecule has 0 aliphatic carbocycles. The van der Waals surface area contributed by atoms with E-state index < -0.39 is 17.5 Å². The Morgan fingerprint density at radius 3 is 1.87 bits per heavy atom. The zero-order chi connectivity index (χ0) is 12.2. The molecule has 0 spiro atoms.